The van der Waals surface area contributed by atoms with Gasteiger partial charge in [0, 0.05) is 36.6 Å². The Morgan fingerprint density at radius 2 is 1.94 bits per heavy atom. The highest BCUT2D eigenvalue weighted by atomic mass is 35.5. The summed E-state index contributed by atoms with van der Waals surface area (Å²) in [5.41, 5.74) is 2.35. The summed E-state index contributed by atoms with van der Waals surface area (Å²) >= 11 is 5.85. The minimum absolute atomic E-state index is 0.777. The van der Waals surface area contributed by atoms with Crippen molar-refractivity contribution in [3.8, 4) is 0 Å². The van der Waals surface area contributed by atoms with Crippen molar-refractivity contribution in [2.45, 2.75) is 6.42 Å². The lowest BCUT2D eigenvalue weighted by molar-refractivity contribution is 1.02. The molecule has 0 unspecified atom stereocenters. The Labute approximate surface area is 112 Å². The van der Waals surface area contributed by atoms with Crippen molar-refractivity contribution in [2.24, 2.45) is 0 Å². The molecule has 0 atom stereocenters. The smallest absolute Gasteiger partial charge is 0.127 e. The van der Waals surface area contributed by atoms with Gasteiger partial charge in [-0.1, -0.05) is 23.7 Å². The third-order valence-electron chi connectivity index (χ3n) is 2.67. The fourth-order valence-corrected chi connectivity index (χ4v) is 1.81. The van der Waals surface area contributed by atoms with Crippen LogP contribution >= 0.6 is 11.6 Å². The molecule has 2 rings (SSSR count). The van der Waals surface area contributed by atoms with E-state index in [-0.39, 0.29) is 0 Å². The largest absolute Gasteiger partial charge is 0.385 e. The molecule has 0 amide bonds. The van der Waals surface area contributed by atoms with Crippen LogP contribution in [0.2, 0.25) is 5.02 Å². The molecule has 1 heterocycles. The molecule has 0 bridgehead atoms. The first-order valence-electron chi connectivity index (χ1n) is 5.90. The SMILES string of the molecule is CNc1cc(NCCc2ccc(Cl)cc2)ccn1. The molecular formula is C14H16ClN3. The molecule has 0 fully saturated rings. The Morgan fingerprint density at radius 1 is 1.17 bits per heavy atom. The van der Waals surface area contributed by atoms with Gasteiger partial charge in [0.15, 0.2) is 0 Å². The average Bonchev–Trinajstić information content (AvgIpc) is 2.41. The number of aromatic nitrogens is 1. The minimum atomic E-state index is 0.777. The first kappa shape index (κ1) is 12.7. The number of pyridine rings is 1. The van der Waals surface area contributed by atoms with E-state index in [1.165, 1.54) is 5.56 Å². The molecule has 94 valence electrons. The van der Waals surface area contributed by atoms with Gasteiger partial charge in [0.2, 0.25) is 0 Å². The topological polar surface area (TPSA) is 37.0 Å². The van der Waals surface area contributed by atoms with Gasteiger partial charge in [0.05, 0.1) is 0 Å². The van der Waals surface area contributed by atoms with Crippen LogP contribution in [-0.2, 0) is 6.42 Å². The van der Waals surface area contributed by atoms with E-state index in [0.29, 0.717) is 0 Å². The van der Waals surface area contributed by atoms with Crippen LogP contribution in [0.15, 0.2) is 42.6 Å². The first-order valence-corrected chi connectivity index (χ1v) is 6.28. The molecule has 0 aliphatic carbocycles. The number of nitrogens with one attached hydrogen (secondary N) is 2. The van der Waals surface area contributed by atoms with Gasteiger partial charge >= 0.3 is 0 Å². The summed E-state index contributed by atoms with van der Waals surface area (Å²) in [5.74, 6) is 0.867. The van der Waals surface area contributed by atoms with E-state index in [4.69, 9.17) is 11.6 Å². The van der Waals surface area contributed by atoms with Crippen LogP contribution in [0.1, 0.15) is 5.56 Å². The maximum Gasteiger partial charge on any atom is 0.127 e. The Hall–Kier alpha value is -1.74. The zero-order valence-electron chi connectivity index (χ0n) is 10.3. The number of rotatable bonds is 5. The zero-order chi connectivity index (χ0) is 12.8. The van der Waals surface area contributed by atoms with Gasteiger partial charge in [-0.05, 0) is 30.2 Å². The standard InChI is InChI=1S/C14H16ClN3/c1-16-14-10-13(7-9-18-14)17-8-6-11-2-4-12(15)5-3-11/h2-5,7,9-10H,6,8H2,1H3,(H2,16,17,18). The number of nitrogens with zero attached hydrogens (tertiary/aromatic N) is 1. The summed E-state index contributed by atoms with van der Waals surface area (Å²) in [6, 6.07) is 11.9. The van der Waals surface area contributed by atoms with E-state index in [1.54, 1.807) is 6.20 Å². The van der Waals surface area contributed by atoms with Crippen molar-refractivity contribution in [3.63, 3.8) is 0 Å². The zero-order valence-corrected chi connectivity index (χ0v) is 11.0. The summed E-state index contributed by atoms with van der Waals surface area (Å²) in [4.78, 5) is 4.17. The molecule has 3 nitrogen and oxygen atoms in total. The van der Waals surface area contributed by atoms with Crippen molar-refractivity contribution >= 4 is 23.1 Å². The van der Waals surface area contributed by atoms with Crippen LogP contribution in [0, 0.1) is 0 Å². The molecule has 1 aromatic carbocycles. The van der Waals surface area contributed by atoms with Gasteiger partial charge in [-0.2, -0.15) is 0 Å². The molecule has 2 N–H and O–H groups in total. The summed E-state index contributed by atoms with van der Waals surface area (Å²) < 4.78 is 0. The van der Waals surface area contributed by atoms with Crippen LogP contribution in [0.25, 0.3) is 0 Å². The van der Waals surface area contributed by atoms with Crippen molar-refractivity contribution < 1.29 is 0 Å². The first-order chi connectivity index (χ1) is 8.78. The molecule has 18 heavy (non-hydrogen) atoms. The third-order valence-corrected chi connectivity index (χ3v) is 2.92. The lowest BCUT2D eigenvalue weighted by Crippen LogP contribution is -2.05. The molecule has 0 spiro atoms. The highest BCUT2D eigenvalue weighted by Crippen LogP contribution is 2.12. The second-order valence-corrected chi connectivity index (χ2v) is 4.42. The quantitative estimate of drug-likeness (QED) is 0.866. The second kappa shape index (κ2) is 6.26. The van der Waals surface area contributed by atoms with Crippen LogP contribution in [-0.4, -0.2) is 18.6 Å². The Kier molecular flexibility index (Phi) is 4.42. The molecule has 0 radical (unpaired) electrons. The maximum absolute atomic E-state index is 5.85. The van der Waals surface area contributed by atoms with E-state index in [2.05, 4.69) is 27.8 Å². The van der Waals surface area contributed by atoms with Gasteiger partial charge in [0.25, 0.3) is 0 Å². The normalized spacial score (nSPS) is 10.1. The molecule has 0 aliphatic rings. The third kappa shape index (κ3) is 3.64. The fraction of sp³-hybridized carbons (Fsp3) is 0.214. The van der Waals surface area contributed by atoms with Crippen molar-refractivity contribution in [1.82, 2.24) is 4.98 Å². The Balaban J connectivity index is 1.86. The lowest BCUT2D eigenvalue weighted by Gasteiger charge is -2.07. The molecular weight excluding hydrogens is 246 g/mol. The van der Waals surface area contributed by atoms with Gasteiger partial charge < -0.3 is 10.6 Å². The van der Waals surface area contributed by atoms with E-state index in [0.717, 1.165) is 29.5 Å². The van der Waals surface area contributed by atoms with Gasteiger partial charge in [-0.3, -0.25) is 0 Å². The molecule has 4 heteroatoms. The van der Waals surface area contributed by atoms with Crippen molar-refractivity contribution in [1.29, 1.82) is 0 Å². The van der Waals surface area contributed by atoms with Crippen molar-refractivity contribution in [2.75, 3.05) is 24.2 Å². The van der Waals surface area contributed by atoms with Crippen LogP contribution in [0.5, 0.6) is 0 Å². The predicted octanol–water partition coefficient (Wildman–Crippen LogP) is 3.43. The second-order valence-electron chi connectivity index (χ2n) is 3.98. The summed E-state index contributed by atoms with van der Waals surface area (Å²) in [6.07, 6.45) is 2.75. The van der Waals surface area contributed by atoms with E-state index >= 15 is 0 Å². The van der Waals surface area contributed by atoms with Crippen LogP contribution in [0.3, 0.4) is 0 Å². The van der Waals surface area contributed by atoms with Gasteiger partial charge in [0.1, 0.15) is 5.82 Å². The molecule has 0 saturated carbocycles. The minimum Gasteiger partial charge on any atom is -0.385 e. The van der Waals surface area contributed by atoms with Crippen LogP contribution in [0.4, 0.5) is 11.5 Å². The maximum atomic E-state index is 5.85. The molecule has 2 aromatic rings. The monoisotopic (exact) mass is 261 g/mol. The summed E-state index contributed by atoms with van der Waals surface area (Å²) in [5, 5.41) is 7.16. The van der Waals surface area contributed by atoms with E-state index < -0.39 is 0 Å². The van der Waals surface area contributed by atoms with Crippen molar-refractivity contribution in [3.05, 3.63) is 53.2 Å². The Bertz CT molecular complexity index is 497. The van der Waals surface area contributed by atoms with E-state index in [1.807, 2.05) is 31.3 Å². The predicted molar refractivity (Wildman–Crippen MR) is 77.4 cm³/mol. The number of halogens is 1. The average molecular weight is 262 g/mol. The Morgan fingerprint density at radius 3 is 2.67 bits per heavy atom. The van der Waals surface area contributed by atoms with Gasteiger partial charge in [-0.25, -0.2) is 4.98 Å². The van der Waals surface area contributed by atoms with E-state index in [9.17, 15) is 0 Å². The molecule has 1 aromatic heterocycles. The van der Waals surface area contributed by atoms with Crippen LogP contribution < -0.4 is 10.6 Å². The summed E-state index contributed by atoms with van der Waals surface area (Å²) in [7, 11) is 1.86. The number of anilines is 2. The van der Waals surface area contributed by atoms with Gasteiger partial charge in [-0.15, -0.1) is 0 Å². The fourth-order valence-electron chi connectivity index (χ4n) is 1.68. The number of hydrogen-bond acceptors (Lipinski definition) is 3. The summed E-state index contributed by atoms with van der Waals surface area (Å²) in [6.45, 7) is 0.884. The number of hydrogen-bond donors (Lipinski definition) is 2. The molecule has 0 saturated heterocycles. The highest BCUT2D eigenvalue weighted by Gasteiger charge is 1.96. The lowest BCUT2D eigenvalue weighted by atomic mass is 10.1. The number of benzene rings is 1. The highest BCUT2D eigenvalue weighted by molar-refractivity contribution is 6.30. The molecule has 0 aliphatic heterocycles.